The molecule has 0 amide bonds. The largest absolute Gasteiger partial charge is 0.360 e. The van der Waals surface area contributed by atoms with Crippen molar-refractivity contribution >= 4 is 16.7 Å². The maximum Gasteiger partial charge on any atom is 0.202 e. The second-order valence-corrected chi connectivity index (χ2v) is 5.40. The third-order valence-electron chi connectivity index (χ3n) is 2.97. The molecule has 0 aliphatic heterocycles. The summed E-state index contributed by atoms with van der Waals surface area (Å²) in [7, 11) is 0. The third kappa shape index (κ3) is 2.91. The van der Waals surface area contributed by atoms with Gasteiger partial charge in [0.25, 0.3) is 0 Å². The van der Waals surface area contributed by atoms with Gasteiger partial charge in [-0.3, -0.25) is 0 Å². The first-order chi connectivity index (χ1) is 7.25. The topological polar surface area (TPSA) is 37.8 Å². The van der Waals surface area contributed by atoms with Crippen molar-refractivity contribution in [2.24, 2.45) is 5.92 Å². The third-order valence-corrected chi connectivity index (χ3v) is 3.66. The number of hydrogen-bond donors (Lipinski definition) is 1. The Morgan fingerprint density at radius 2 is 2.13 bits per heavy atom. The molecule has 2 rings (SSSR count). The molecular weight excluding hydrogens is 206 g/mol. The van der Waals surface area contributed by atoms with Crippen molar-refractivity contribution in [3.8, 4) is 0 Å². The molecule has 1 heterocycles. The first-order valence-corrected chi connectivity index (χ1v) is 6.60. The van der Waals surface area contributed by atoms with Crippen molar-refractivity contribution in [1.82, 2.24) is 9.36 Å². The van der Waals surface area contributed by atoms with Gasteiger partial charge >= 0.3 is 0 Å². The average Bonchev–Trinajstić information content (AvgIpc) is 2.86. The van der Waals surface area contributed by atoms with Crippen LogP contribution in [-0.2, 0) is 0 Å². The van der Waals surface area contributed by atoms with Gasteiger partial charge in [-0.25, -0.2) is 4.98 Å². The molecule has 15 heavy (non-hydrogen) atoms. The van der Waals surface area contributed by atoms with Crippen molar-refractivity contribution in [3.63, 3.8) is 0 Å². The number of anilines is 1. The van der Waals surface area contributed by atoms with Gasteiger partial charge in [0.1, 0.15) is 5.82 Å². The maximum atomic E-state index is 4.47. The highest BCUT2D eigenvalue weighted by Crippen LogP contribution is 2.25. The molecule has 1 N–H and O–H groups in total. The predicted molar refractivity (Wildman–Crippen MR) is 64.4 cm³/mol. The van der Waals surface area contributed by atoms with E-state index >= 15 is 0 Å². The molecular formula is C11H19N3S. The van der Waals surface area contributed by atoms with Crippen LogP contribution < -0.4 is 5.32 Å². The van der Waals surface area contributed by atoms with Gasteiger partial charge in [0.15, 0.2) is 0 Å². The zero-order valence-corrected chi connectivity index (χ0v) is 10.3. The molecule has 0 unspecified atom stereocenters. The van der Waals surface area contributed by atoms with Crippen LogP contribution in [0.15, 0.2) is 0 Å². The molecule has 0 radical (unpaired) electrons. The highest BCUT2D eigenvalue weighted by molar-refractivity contribution is 7.09. The van der Waals surface area contributed by atoms with E-state index in [0.717, 1.165) is 23.4 Å². The Morgan fingerprint density at radius 3 is 2.73 bits per heavy atom. The smallest absolute Gasteiger partial charge is 0.202 e. The Kier molecular flexibility index (Phi) is 3.57. The molecule has 1 saturated carbocycles. The molecule has 0 aromatic carbocycles. The van der Waals surface area contributed by atoms with Crippen LogP contribution in [-0.4, -0.2) is 15.9 Å². The summed E-state index contributed by atoms with van der Waals surface area (Å²) >= 11 is 1.49. The van der Waals surface area contributed by atoms with Crippen molar-refractivity contribution in [3.05, 3.63) is 5.82 Å². The standard InChI is InChI=1S/C11H19N3S/c1-8(2)10-13-11(15-14-10)12-7-9-5-3-4-6-9/h8-9H,3-7H2,1-2H3,(H,12,13,14). The summed E-state index contributed by atoms with van der Waals surface area (Å²) in [5.41, 5.74) is 0. The van der Waals surface area contributed by atoms with Crippen LogP contribution in [0.1, 0.15) is 51.3 Å². The fourth-order valence-corrected chi connectivity index (χ4v) is 2.70. The van der Waals surface area contributed by atoms with E-state index in [2.05, 4.69) is 28.5 Å². The molecule has 3 nitrogen and oxygen atoms in total. The first kappa shape index (κ1) is 10.9. The zero-order valence-electron chi connectivity index (χ0n) is 9.49. The lowest BCUT2D eigenvalue weighted by Gasteiger charge is -2.08. The van der Waals surface area contributed by atoms with Crippen molar-refractivity contribution in [2.75, 3.05) is 11.9 Å². The van der Waals surface area contributed by atoms with Crippen LogP contribution in [0.3, 0.4) is 0 Å². The number of nitrogens with one attached hydrogen (secondary N) is 1. The van der Waals surface area contributed by atoms with Gasteiger partial charge in [0, 0.05) is 24.0 Å². The molecule has 0 atom stereocenters. The fourth-order valence-electron chi connectivity index (χ4n) is 1.99. The normalized spacial score (nSPS) is 17.5. The second kappa shape index (κ2) is 4.92. The molecule has 4 heteroatoms. The molecule has 1 aliphatic rings. The lowest BCUT2D eigenvalue weighted by atomic mass is 10.1. The predicted octanol–water partition coefficient (Wildman–Crippen LogP) is 3.26. The van der Waals surface area contributed by atoms with E-state index in [9.17, 15) is 0 Å². The van der Waals surface area contributed by atoms with Gasteiger partial charge < -0.3 is 5.32 Å². The second-order valence-electron chi connectivity index (χ2n) is 4.64. The summed E-state index contributed by atoms with van der Waals surface area (Å²) in [5.74, 6) is 2.26. The summed E-state index contributed by atoms with van der Waals surface area (Å²) in [4.78, 5) is 4.47. The minimum atomic E-state index is 0.434. The van der Waals surface area contributed by atoms with Gasteiger partial charge in [0.2, 0.25) is 5.13 Å². The van der Waals surface area contributed by atoms with Gasteiger partial charge in [-0.15, -0.1) is 0 Å². The van der Waals surface area contributed by atoms with Gasteiger partial charge in [-0.05, 0) is 18.8 Å². The summed E-state index contributed by atoms with van der Waals surface area (Å²) in [6.45, 7) is 5.33. The van der Waals surface area contributed by atoms with E-state index in [0.29, 0.717) is 5.92 Å². The molecule has 84 valence electrons. The molecule has 1 aromatic heterocycles. The Balaban J connectivity index is 1.82. The summed E-state index contributed by atoms with van der Waals surface area (Å²) in [6, 6.07) is 0. The van der Waals surface area contributed by atoms with Gasteiger partial charge in [-0.1, -0.05) is 26.7 Å². The number of aromatic nitrogens is 2. The lowest BCUT2D eigenvalue weighted by molar-refractivity contribution is 0.579. The Hall–Kier alpha value is -0.640. The zero-order chi connectivity index (χ0) is 10.7. The van der Waals surface area contributed by atoms with E-state index in [1.54, 1.807) is 0 Å². The SMILES string of the molecule is CC(C)c1nsc(NCC2CCCC2)n1. The van der Waals surface area contributed by atoms with E-state index < -0.39 is 0 Å². The summed E-state index contributed by atoms with van der Waals surface area (Å²) in [6.07, 6.45) is 5.56. The maximum absolute atomic E-state index is 4.47. The van der Waals surface area contributed by atoms with Crippen LogP contribution >= 0.6 is 11.5 Å². The minimum Gasteiger partial charge on any atom is -0.360 e. The number of nitrogens with zero attached hydrogens (tertiary/aromatic N) is 2. The van der Waals surface area contributed by atoms with Crippen molar-refractivity contribution in [2.45, 2.75) is 45.4 Å². The van der Waals surface area contributed by atoms with E-state index in [4.69, 9.17) is 0 Å². The molecule has 0 saturated heterocycles. The average molecular weight is 225 g/mol. The first-order valence-electron chi connectivity index (χ1n) is 5.83. The molecule has 1 aliphatic carbocycles. The summed E-state index contributed by atoms with van der Waals surface area (Å²) < 4.78 is 4.33. The fraction of sp³-hybridized carbons (Fsp3) is 0.818. The Labute approximate surface area is 95.5 Å². The van der Waals surface area contributed by atoms with Gasteiger partial charge in [0.05, 0.1) is 0 Å². The molecule has 1 aromatic rings. The van der Waals surface area contributed by atoms with Crippen LogP contribution in [0.25, 0.3) is 0 Å². The van der Waals surface area contributed by atoms with Crippen LogP contribution in [0, 0.1) is 5.92 Å². The van der Waals surface area contributed by atoms with Crippen LogP contribution in [0.2, 0.25) is 0 Å². The summed E-state index contributed by atoms with van der Waals surface area (Å²) in [5, 5.41) is 4.40. The highest BCUT2D eigenvalue weighted by atomic mass is 32.1. The number of rotatable bonds is 4. The van der Waals surface area contributed by atoms with Crippen molar-refractivity contribution < 1.29 is 0 Å². The lowest BCUT2D eigenvalue weighted by Crippen LogP contribution is -2.10. The molecule has 0 bridgehead atoms. The van der Waals surface area contributed by atoms with Crippen LogP contribution in [0.5, 0.6) is 0 Å². The minimum absolute atomic E-state index is 0.434. The van der Waals surface area contributed by atoms with E-state index in [1.165, 1.54) is 37.2 Å². The van der Waals surface area contributed by atoms with Gasteiger partial charge in [-0.2, -0.15) is 4.37 Å². The quantitative estimate of drug-likeness (QED) is 0.854. The Morgan fingerprint density at radius 1 is 1.40 bits per heavy atom. The Bertz CT molecular complexity index is 303. The van der Waals surface area contributed by atoms with E-state index in [1.807, 2.05) is 0 Å². The molecule has 0 spiro atoms. The molecule has 1 fully saturated rings. The van der Waals surface area contributed by atoms with Crippen LogP contribution in [0.4, 0.5) is 5.13 Å². The monoisotopic (exact) mass is 225 g/mol. The highest BCUT2D eigenvalue weighted by Gasteiger charge is 2.15. The van der Waals surface area contributed by atoms with Crippen molar-refractivity contribution in [1.29, 1.82) is 0 Å². The number of hydrogen-bond acceptors (Lipinski definition) is 4. The van der Waals surface area contributed by atoms with E-state index in [-0.39, 0.29) is 0 Å².